The first-order valence-corrected chi connectivity index (χ1v) is 5.54. The minimum absolute atomic E-state index is 0.143. The molecule has 0 saturated heterocycles. The minimum Gasteiger partial charge on any atom is -0.467 e. The lowest BCUT2D eigenvalue weighted by atomic mass is 10.2. The molecule has 0 saturated carbocycles. The van der Waals surface area contributed by atoms with Crippen molar-refractivity contribution in [2.75, 3.05) is 14.2 Å². The van der Waals surface area contributed by atoms with Gasteiger partial charge in [-0.05, 0) is 24.3 Å². The van der Waals surface area contributed by atoms with E-state index in [2.05, 4.69) is 15.0 Å². The van der Waals surface area contributed by atoms with E-state index in [1.54, 1.807) is 24.3 Å². The highest BCUT2D eigenvalue weighted by Crippen LogP contribution is 2.22. The molecule has 0 spiro atoms. The molecule has 0 bridgehead atoms. The van der Waals surface area contributed by atoms with Crippen LogP contribution in [0.1, 0.15) is 0 Å². The predicted octanol–water partition coefficient (Wildman–Crippen LogP) is 1.01. The molecule has 2 aromatic rings. The quantitative estimate of drug-likeness (QED) is 0.887. The maximum atomic E-state index is 10.6. The summed E-state index contributed by atoms with van der Waals surface area (Å²) in [4.78, 5) is 22.7. The number of nitrogens with two attached hydrogens (primary N) is 1. The summed E-state index contributed by atoms with van der Waals surface area (Å²) < 4.78 is 14.7. The van der Waals surface area contributed by atoms with Gasteiger partial charge in [0.05, 0.1) is 14.2 Å². The topological polar surface area (TPSA) is 109 Å². The van der Waals surface area contributed by atoms with E-state index in [-0.39, 0.29) is 12.0 Å². The van der Waals surface area contributed by atoms with Gasteiger partial charge in [-0.2, -0.15) is 9.97 Å². The van der Waals surface area contributed by atoms with Crippen molar-refractivity contribution in [2.24, 2.45) is 5.73 Å². The average molecular weight is 276 g/mol. The third-order valence-corrected chi connectivity index (χ3v) is 2.29. The predicted molar refractivity (Wildman–Crippen MR) is 68.6 cm³/mol. The Morgan fingerprint density at radius 3 is 2.00 bits per heavy atom. The van der Waals surface area contributed by atoms with Crippen LogP contribution in [-0.4, -0.2) is 35.3 Å². The summed E-state index contributed by atoms with van der Waals surface area (Å²) in [6, 6.07) is 6.78. The van der Waals surface area contributed by atoms with Gasteiger partial charge in [-0.15, -0.1) is 4.98 Å². The molecule has 104 valence electrons. The monoisotopic (exact) mass is 276 g/mol. The van der Waals surface area contributed by atoms with Crippen LogP contribution >= 0.6 is 0 Å². The van der Waals surface area contributed by atoms with Crippen LogP contribution in [0.15, 0.2) is 24.3 Å². The Kier molecular flexibility index (Phi) is 3.94. The van der Waals surface area contributed by atoms with Crippen LogP contribution in [0.25, 0.3) is 11.4 Å². The van der Waals surface area contributed by atoms with Crippen LogP contribution in [0, 0.1) is 0 Å². The van der Waals surface area contributed by atoms with Gasteiger partial charge in [-0.25, -0.2) is 4.79 Å². The van der Waals surface area contributed by atoms with E-state index in [0.29, 0.717) is 17.1 Å². The van der Waals surface area contributed by atoms with Gasteiger partial charge >= 0.3 is 18.1 Å². The first-order chi connectivity index (χ1) is 9.62. The number of carbonyl (C=O) groups excluding carboxylic acids is 1. The Hall–Kier alpha value is -2.90. The lowest BCUT2D eigenvalue weighted by Crippen LogP contribution is -2.16. The maximum Gasteiger partial charge on any atom is 0.409 e. The molecule has 2 N–H and O–H groups in total. The molecule has 0 unspecified atom stereocenters. The number of methoxy groups -OCH3 is 2. The number of aromatic nitrogens is 3. The Morgan fingerprint density at radius 1 is 1.00 bits per heavy atom. The second kappa shape index (κ2) is 5.83. The van der Waals surface area contributed by atoms with E-state index in [9.17, 15) is 4.79 Å². The largest absolute Gasteiger partial charge is 0.467 e. The van der Waals surface area contributed by atoms with E-state index in [0.717, 1.165) is 0 Å². The van der Waals surface area contributed by atoms with Crippen LogP contribution in [-0.2, 0) is 0 Å². The minimum atomic E-state index is -0.874. The van der Waals surface area contributed by atoms with E-state index >= 15 is 0 Å². The molecule has 0 aliphatic heterocycles. The summed E-state index contributed by atoms with van der Waals surface area (Å²) >= 11 is 0. The molecular formula is C12H12N4O4. The summed E-state index contributed by atoms with van der Waals surface area (Å²) in [7, 11) is 2.89. The summed E-state index contributed by atoms with van der Waals surface area (Å²) in [6.45, 7) is 0. The molecule has 20 heavy (non-hydrogen) atoms. The molecular weight excluding hydrogens is 264 g/mol. The van der Waals surface area contributed by atoms with E-state index in [1.165, 1.54) is 14.2 Å². The van der Waals surface area contributed by atoms with Crippen molar-refractivity contribution < 1.29 is 19.0 Å². The van der Waals surface area contributed by atoms with E-state index in [4.69, 9.17) is 19.9 Å². The Labute approximate surface area is 114 Å². The molecule has 0 radical (unpaired) electrons. The number of amides is 1. The van der Waals surface area contributed by atoms with Crippen molar-refractivity contribution in [3.05, 3.63) is 24.3 Å². The van der Waals surface area contributed by atoms with Crippen molar-refractivity contribution in [1.29, 1.82) is 0 Å². The van der Waals surface area contributed by atoms with Gasteiger partial charge in [0.1, 0.15) is 5.75 Å². The first kappa shape index (κ1) is 13.5. The van der Waals surface area contributed by atoms with Crippen molar-refractivity contribution in [3.63, 3.8) is 0 Å². The second-order valence-electron chi connectivity index (χ2n) is 3.58. The zero-order valence-electron chi connectivity index (χ0n) is 10.9. The number of hydrogen-bond acceptors (Lipinski definition) is 7. The molecule has 2 rings (SSSR count). The van der Waals surface area contributed by atoms with Crippen molar-refractivity contribution in [3.8, 4) is 29.2 Å². The molecule has 8 heteroatoms. The van der Waals surface area contributed by atoms with Crippen molar-refractivity contribution in [2.45, 2.75) is 0 Å². The van der Waals surface area contributed by atoms with Gasteiger partial charge in [0, 0.05) is 5.56 Å². The standard InChI is InChI=1S/C12H12N4O4/c1-18-11-14-9(15-12(16-11)19-2)7-3-5-8(6-4-7)20-10(13)17/h3-6H,1-2H3,(H2,13,17). The third-order valence-electron chi connectivity index (χ3n) is 2.29. The number of rotatable bonds is 4. The first-order valence-electron chi connectivity index (χ1n) is 5.54. The molecule has 0 aliphatic rings. The molecule has 1 amide bonds. The summed E-state index contributed by atoms with van der Waals surface area (Å²) in [5.41, 5.74) is 5.60. The number of nitrogens with zero attached hydrogens (tertiary/aromatic N) is 3. The smallest absolute Gasteiger partial charge is 0.409 e. The van der Waals surface area contributed by atoms with E-state index < -0.39 is 6.09 Å². The fourth-order valence-electron chi connectivity index (χ4n) is 1.44. The highest BCUT2D eigenvalue weighted by atomic mass is 16.5. The van der Waals surface area contributed by atoms with Crippen LogP contribution in [0.3, 0.4) is 0 Å². The molecule has 0 aliphatic carbocycles. The van der Waals surface area contributed by atoms with Crippen LogP contribution in [0.4, 0.5) is 4.79 Å². The zero-order valence-corrected chi connectivity index (χ0v) is 10.9. The number of primary amides is 1. The SMILES string of the molecule is COc1nc(OC)nc(-c2ccc(OC(N)=O)cc2)n1. The number of ether oxygens (including phenoxy) is 3. The fraction of sp³-hybridized carbons (Fsp3) is 0.167. The number of carbonyl (C=O) groups is 1. The molecule has 0 fully saturated rings. The van der Waals surface area contributed by atoms with Gasteiger partial charge in [0.25, 0.3) is 0 Å². The summed E-state index contributed by atoms with van der Waals surface area (Å²) in [6.07, 6.45) is -0.874. The average Bonchev–Trinajstić information content (AvgIpc) is 2.46. The summed E-state index contributed by atoms with van der Waals surface area (Å²) in [5, 5.41) is 0. The molecule has 1 heterocycles. The normalized spacial score (nSPS) is 9.90. The van der Waals surface area contributed by atoms with Gasteiger partial charge < -0.3 is 19.9 Å². The molecule has 8 nitrogen and oxygen atoms in total. The van der Waals surface area contributed by atoms with Gasteiger partial charge in [0.15, 0.2) is 5.82 Å². The fourth-order valence-corrected chi connectivity index (χ4v) is 1.44. The van der Waals surface area contributed by atoms with Crippen LogP contribution < -0.4 is 19.9 Å². The molecule has 1 aromatic heterocycles. The lowest BCUT2D eigenvalue weighted by molar-refractivity contribution is 0.211. The summed E-state index contributed by atoms with van der Waals surface area (Å²) in [5.74, 6) is 0.702. The van der Waals surface area contributed by atoms with Crippen LogP contribution in [0.2, 0.25) is 0 Å². The van der Waals surface area contributed by atoms with Crippen molar-refractivity contribution >= 4 is 6.09 Å². The highest BCUT2D eigenvalue weighted by molar-refractivity contribution is 5.68. The van der Waals surface area contributed by atoms with Gasteiger partial charge in [0.2, 0.25) is 0 Å². The Morgan fingerprint density at radius 2 is 1.55 bits per heavy atom. The second-order valence-corrected chi connectivity index (χ2v) is 3.58. The lowest BCUT2D eigenvalue weighted by Gasteiger charge is -2.06. The molecule has 0 atom stereocenters. The van der Waals surface area contributed by atoms with E-state index in [1.807, 2.05) is 0 Å². The van der Waals surface area contributed by atoms with Crippen molar-refractivity contribution in [1.82, 2.24) is 15.0 Å². The Balaban J connectivity index is 2.33. The Bertz CT molecular complexity index is 593. The van der Waals surface area contributed by atoms with Crippen LogP contribution in [0.5, 0.6) is 17.8 Å². The zero-order chi connectivity index (χ0) is 14.5. The highest BCUT2D eigenvalue weighted by Gasteiger charge is 2.09. The maximum absolute atomic E-state index is 10.6. The van der Waals surface area contributed by atoms with Gasteiger partial charge in [-0.1, -0.05) is 0 Å². The number of benzene rings is 1. The molecule has 1 aromatic carbocycles. The third kappa shape index (κ3) is 3.10. The number of hydrogen-bond donors (Lipinski definition) is 1. The van der Waals surface area contributed by atoms with Gasteiger partial charge in [-0.3, -0.25) is 0 Å².